The van der Waals surface area contributed by atoms with Crippen LogP contribution in [0.1, 0.15) is 187 Å². The lowest BCUT2D eigenvalue weighted by atomic mass is 10.0. The van der Waals surface area contributed by atoms with Crippen molar-refractivity contribution in [3.63, 3.8) is 0 Å². The Morgan fingerprint density at radius 3 is 1.66 bits per heavy atom. The third-order valence-corrected chi connectivity index (χ3v) is 10.1. The number of carbonyl (C=O) groups is 1. The summed E-state index contributed by atoms with van der Waals surface area (Å²) in [4.78, 5) is 22.7. The van der Waals surface area contributed by atoms with Crippen molar-refractivity contribution < 1.29 is 33.5 Å². The molecule has 4 atom stereocenters. The standard InChI is InChI=1S/C40H79N2O7P/c1-3-5-7-9-11-13-15-17-18-20-21-23-25-27-29-31-37(43)35-40(45)42-38(36-49-50(46,47)48-34-33-41)39(44)32-30-28-26-24-22-19-16-14-12-10-8-6-4-2/h22,24,30,32,37-39,43-44H,3-21,23,25-29,31,33-36,41H2,1-2H3,(H,42,45)(H,46,47)/b24-22+,32-30+. The van der Waals surface area contributed by atoms with Gasteiger partial charge in [0.1, 0.15) is 0 Å². The van der Waals surface area contributed by atoms with Gasteiger partial charge >= 0.3 is 7.82 Å². The Labute approximate surface area is 307 Å². The van der Waals surface area contributed by atoms with Crippen LogP contribution in [0.5, 0.6) is 0 Å². The molecule has 296 valence electrons. The summed E-state index contributed by atoms with van der Waals surface area (Å²) in [5, 5.41) is 24.0. The number of carbonyl (C=O) groups excluding carboxylic acids is 1. The molecule has 0 aromatic carbocycles. The molecule has 0 aliphatic heterocycles. The zero-order chi connectivity index (χ0) is 37.0. The van der Waals surface area contributed by atoms with Crippen molar-refractivity contribution in [1.29, 1.82) is 0 Å². The third kappa shape index (κ3) is 34.0. The second-order valence-corrected chi connectivity index (χ2v) is 15.5. The van der Waals surface area contributed by atoms with Gasteiger partial charge in [0.2, 0.25) is 5.91 Å². The second kappa shape index (κ2) is 36.3. The maximum Gasteiger partial charge on any atom is 0.472 e. The van der Waals surface area contributed by atoms with E-state index in [1.165, 1.54) is 122 Å². The molecule has 6 N–H and O–H groups in total. The van der Waals surface area contributed by atoms with Crippen LogP contribution in [0.3, 0.4) is 0 Å². The minimum Gasteiger partial charge on any atom is -0.393 e. The van der Waals surface area contributed by atoms with Crippen LogP contribution in [0.2, 0.25) is 0 Å². The summed E-state index contributed by atoms with van der Waals surface area (Å²) in [6.45, 7) is 3.94. The van der Waals surface area contributed by atoms with Gasteiger partial charge in [0, 0.05) is 6.54 Å². The normalized spacial score (nSPS) is 15.1. The number of amides is 1. The molecule has 0 radical (unpaired) electrons. The summed E-state index contributed by atoms with van der Waals surface area (Å²) in [5.41, 5.74) is 5.35. The molecule has 0 aliphatic rings. The van der Waals surface area contributed by atoms with Crippen LogP contribution < -0.4 is 11.1 Å². The van der Waals surface area contributed by atoms with E-state index in [2.05, 4.69) is 31.3 Å². The number of hydrogen-bond acceptors (Lipinski definition) is 7. The number of phosphoric ester groups is 1. The number of phosphoric acid groups is 1. The van der Waals surface area contributed by atoms with E-state index in [0.29, 0.717) is 12.8 Å². The Morgan fingerprint density at radius 2 is 1.14 bits per heavy atom. The van der Waals surface area contributed by atoms with Crippen LogP contribution in [0.25, 0.3) is 0 Å². The quantitative estimate of drug-likeness (QED) is 0.0239. The SMILES string of the molecule is CCCCCCCCC/C=C/CC/C=C/C(O)C(COP(=O)(O)OCCN)NC(=O)CC(O)CCCCCCCCCCCCCCCCC. The van der Waals surface area contributed by atoms with Gasteiger partial charge in [-0.25, -0.2) is 4.57 Å². The van der Waals surface area contributed by atoms with Crippen molar-refractivity contribution in [2.24, 2.45) is 5.73 Å². The Hall–Kier alpha value is -1.06. The number of hydrogen-bond donors (Lipinski definition) is 5. The van der Waals surface area contributed by atoms with Gasteiger partial charge in [0.05, 0.1) is 37.9 Å². The van der Waals surface area contributed by atoms with Gasteiger partial charge in [-0.2, -0.15) is 0 Å². The van der Waals surface area contributed by atoms with E-state index >= 15 is 0 Å². The Kier molecular flexibility index (Phi) is 35.5. The molecule has 0 rings (SSSR count). The van der Waals surface area contributed by atoms with E-state index < -0.39 is 38.6 Å². The Balaban J connectivity index is 4.39. The zero-order valence-electron chi connectivity index (χ0n) is 32.3. The van der Waals surface area contributed by atoms with E-state index in [0.717, 1.165) is 32.1 Å². The van der Waals surface area contributed by atoms with E-state index in [4.69, 9.17) is 14.8 Å². The first-order valence-electron chi connectivity index (χ1n) is 20.5. The molecule has 0 aromatic rings. The Bertz CT molecular complexity index is 858. The first-order valence-corrected chi connectivity index (χ1v) is 22.0. The summed E-state index contributed by atoms with van der Waals surface area (Å²) in [6, 6.07) is -0.994. The van der Waals surface area contributed by atoms with Crippen LogP contribution >= 0.6 is 7.82 Å². The highest BCUT2D eigenvalue weighted by Crippen LogP contribution is 2.43. The number of unbranched alkanes of at least 4 members (excludes halogenated alkanes) is 22. The predicted molar refractivity (Wildman–Crippen MR) is 209 cm³/mol. The molecule has 0 spiro atoms. The summed E-state index contributed by atoms with van der Waals surface area (Å²) in [5.74, 6) is -0.455. The van der Waals surface area contributed by atoms with Gasteiger partial charge in [-0.15, -0.1) is 0 Å². The lowest BCUT2D eigenvalue weighted by Gasteiger charge is -2.24. The zero-order valence-corrected chi connectivity index (χ0v) is 33.1. The van der Waals surface area contributed by atoms with Crippen LogP contribution in [0, 0.1) is 0 Å². The average Bonchev–Trinajstić information content (AvgIpc) is 3.09. The topological polar surface area (TPSA) is 151 Å². The number of rotatable bonds is 38. The highest BCUT2D eigenvalue weighted by molar-refractivity contribution is 7.47. The fraction of sp³-hybridized carbons (Fsp3) is 0.875. The van der Waals surface area contributed by atoms with Crippen molar-refractivity contribution in [3.05, 3.63) is 24.3 Å². The van der Waals surface area contributed by atoms with Crippen LogP contribution in [0.4, 0.5) is 0 Å². The molecule has 50 heavy (non-hydrogen) atoms. The van der Waals surface area contributed by atoms with Crippen LogP contribution in [0.15, 0.2) is 24.3 Å². The summed E-state index contributed by atoms with van der Waals surface area (Å²) in [6.07, 6.45) is 36.9. The smallest absolute Gasteiger partial charge is 0.393 e. The van der Waals surface area contributed by atoms with E-state index in [9.17, 15) is 24.5 Å². The van der Waals surface area contributed by atoms with Crippen molar-refractivity contribution in [3.8, 4) is 0 Å². The summed E-state index contributed by atoms with van der Waals surface area (Å²) in [7, 11) is -4.40. The van der Waals surface area contributed by atoms with Crippen LogP contribution in [-0.4, -0.2) is 59.0 Å². The maximum absolute atomic E-state index is 12.8. The molecule has 0 heterocycles. The molecule has 0 aliphatic carbocycles. The third-order valence-electron chi connectivity index (χ3n) is 9.08. The van der Waals surface area contributed by atoms with Crippen molar-refractivity contribution in [2.45, 2.75) is 205 Å². The molecule has 0 fully saturated rings. The molecule has 1 amide bonds. The number of nitrogens with two attached hydrogens (primary N) is 1. The van der Waals surface area contributed by atoms with Gasteiger partial charge in [0.25, 0.3) is 0 Å². The van der Waals surface area contributed by atoms with E-state index in [1.807, 2.05) is 6.08 Å². The second-order valence-electron chi connectivity index (χ2n) is 14.0. The lowest BCUT2D eigenvalue weighted by molar-refractivity contribution is -0.124. The number of aliphatic hydroxyl groups excluding tert-OH is 2. The highest BCUT2D eigenvalue weighted by atomic mass is 31.2. The number of aliphatic hydroxyl groups is 2. The summed E-state index contributed by atoms with van der Waals surface area (Å²) < 4.78 is 22.0. The van der Waals surface area contributed by atoms with Crippen molar-refractivity contribution in [1.82, 2.24) is 5.32 Å². The van der Waals surface area contributed by atoms with Gasteiger partial charge in [-0.1, -0.05) is 173 Å². The van der Waals surface area contributed by atoms with Crippen molar-refractivity contribution >= 4 is 13.7 Å². The van der Waals surface area contributed by atoms with E-state index in [-0.39, 0.29) is 19.6 Å². The molecule has 4 unspecified atom stereocenters. The van der Waals surface area contributed by atoms with Crippen molar-refractivity contribution in [2.75, 3.05) is 19.8 Å². The molecular formula is C40H79N2O7P. The van der Waals surface area contributed by atoms with Gasteiger partial charge < -0.3 is 26.2 Å². The van der Waals surface area contributed by atoms with Gasteiger partial charge in [-0.3, -0.25) is 13.8 Å². The maximum atomic E-state index is 12.8. The average molecular weight is 731 g/mol. The highest BCUT2D eigenvalue weighted by Gasteiger charge is 2.27. The summed E-state index contributed by atoms with van der Waals surface area (Å²) >= 11 is 0. The first-order chi connectivity index (χ1) is 24.3. The van der Waals surface area contributed by atoms with Gasteiger partial charge in [0.15, 0.2) is 0 Å². The fourth-order valence-corrected chi connectivity index (χ4v) is 6.72. The largest absolute Gasteiger partial charge is 0.472 e. The first kappa shape index (κ1) is 48.9. The Morgan fingerprint density at radius 1 is 0.680 bits per heavy atom. The number of allylic oxidation sites excluding steroid dienone is 3. The number of nitrogens with one attached hydrogen (secondary N) is 1. The minimum absolute atomic E-state index is 0.0458. The van der Waals surface area contributed by atoms with E-state index in [1.54, 1.807) is 6.08 Å². The molecular weight excluding hydrogens is 651 g/mol. The molecule has 0 bridgehead atoms. The molecule has 10 heteroatoms. The molecule has 0 saturated heterocycles. The van der Waals surface area contributed by atoms with Gasteiger partial charge in [-0.05, 0) is 32.1 Å². The minimum atomic E-state index is -4.40. The molecule has 9 nitrogen and oxygen atoms in total. The molecule has 0 saturated carbocycles. The fourth-order valence-electron chi connectivity index (χ4n) is 5.96. The van der Waals surface area contributed by atoms with Crippen LogP contribution in [-0.2, 0) is 18.4 Å². The predicted octanol–water partition coefficient (Wildman–Crippen LogP) is 9.97. The molecule has 0 aromatic heterocycles. The monoisotopic (exact) mass is 731 g/mol. The lowest BCUT2D eigenvalue weighted by Crippen LogP contribution is -2.46.